The number of amides is 2. The van der Waals surface area contributed by atoms with E-state index < -0.39 is 17.8 Å². The molecule has 0 bridgehead atoms. The first-order valence-corrected chi connectivity index (χ1v) is 13.6. The van der Waals surface area contributed by atoms with Gasteiger partial charge < -0.3 is 28.7 Å². The highest BCUT2D eigenvalue weighted by Crippen LogP contribution is 2.39. The zero-order chi connectivity index (χ0) is 30.2. The molecule has 1 aromatic heterocycles. The fourth-order valence-corrected chi connectivity index (χ4v) is 5.04. The molecule has 4 aromatic rings. The Bertz CT molecular complexity index is 1630. The second-order valence-electron chi connectivity index (χ2n) is 8.32. The molecule has 0 aliphatic heterocycles. The summed E-state index contributed by atoms with van der Waals surface area (Å²) in [6, 6.07) is 15.7. The quantitative estimate of drug-likeness (QED) is 0.0881. The van der Waals surface area contributed by atoms with Crippen molar-refractivity contribution in [2.75, 3.05) is 26.6 Å². The number of furan rings is 1. The molecule has 2 N–H and O–H groups in total. The van der Waals surface area contributed by atoms with E-state index in [1.54, 1.807) is 36.4 Å². The van der Waals surface area contributed by atoms with Crippen LogP contribution in [0.3, 0.4) is 0 Å². The Morgan fingerprint density at radius 2 is 1.57 bits per heavy atom. The van der Waals surface area contributed by atoms with Gasteiger partial charge in [0, 0.05) is 21.3 Å². The molecule has 0 saturated heterocycles. The lowest BCUT2D eigenvalue weighted by atomic mass is 10.1. The standard InChI is InChI=1S/C29H23Br2N3O8/c1-38-23-12-17(13-24(39-2)26(23)40-3)29(37)42-25-18(10-19(30)14-21(25)31)15-32-34-27(35)16-6-4-7-20(11-16)33-28(36)22-8-5-9-41-22/h4-15H,1-3H3,(H,33,36)(H,34,35). The maximum absolute atomic E-state index is 13.1. The minimum Gasteiger partial charge on any atom is -0.493 e. The van der Waals surface area contributed by atoms with Crippen molar-refractivity contribution in [2.45, 2.75) is 0 Å². The minimum atomic E-state index is -0.704. The first-order valence-electron chi connectivity index (χ1n) is 12.0. The average Bonchev–Trinajstić information content (AvgIpc) is 3.53. The Labute approximate surface area is 257 Å². The summed E-state index contributed by atoms with van der Waals surface area (Å²) in [5, 5.41) is 6.69. The molecule has 0 radical (unpaired) electrons. The SMILES string of the molecule is COc1cc(C(=O)Oc2c(Br)cc(Br)cc2C=NNC(=O)c2cccc(NC(=O)c3ccco3)c2)cc(OC)c1OC. The molecule has 3 aromatic carbocycles. The smallest absolute Gasteiger partial charge is 0.343 e. The van der Waals surface area contributed by atoms with Crippen LogP contribution >= 0.6 is 31.9 Å². The van der Waals surface area contributed by atoms with E-state index in [1.165, 1.54) is 58.1 Å². The first kappa shape index (κ1) is 30.3. The van der Waals surface area contributed by atoms with Gasteiger partial charge in [-0.3, -0.25) is 9.59 Å². The molecule has 0 aliphatic rings. The largest absolute Gasteiger partial charge is 0.493 e. The van der Waals surface area contributed by atoms with E-state index in [0.29, 0.717) is 25.9 Å². The molecule has 0 atom stereocenters. The maximum Gasteiger partial charge on any atom is 0.343 e. The summed E-state index contributed by atoms with van der Waals surface area (Å²) >= 11 is 6.81. The molecular weight excluding hydrogens is 678 g/mol. The maximum atomic E-state index is 13.1. The van der Waals surface area contributed by atoms with Crippen molar-refractivity contribution >= 4 is 61.5 Å². The molecule has 0 fully saturated rings. The van der Waals surface area contributed by atoms with Crippen LogP contribution in [-0.2, 0) is 0 Å². The van der Waals surface area contributed by atoms with Gasteiger partial charge in [-0.15, -0.1) is 0 Å². The Kier molecular flexibility index (Phi) is 9.99. The van der Waals surface area contributed by atoms with Crippen LogP contribution < -0.4 is 29.7 Å². The average molecular weight is 701 g/mol. The van der Waals surface area contributed by atoms with Crippen LogP contribution in [-0.4, -0.2) is 45.3 Å². The first-order chi connectivity index (χ1) is 20.2. The molecular formula is C29H23Br2N3O8. The van der Waals surface area contributed by atoms with Crippen LogP contribution in [0.5, 0.6) is 23.0 Å². The lowest BCUT2D eigenvalue weighted by molar-refractivity contribution is 0.0731. The number of ether oxygens (including phenoxy) is 4. The van der Waals surface area contributed by atoms with E-state index in [2.05, 4.69) is 47.7 Å². The van der Waals surface area contributed by atoms with Crippen molar-refractivity contribution in [1.29, 1.82) is 0 Å². The molecule has 216 valence electrons. The van der Waals surface area contributed by atoms with Gasteiger partial charge in [0.05, 0.1) is 43.8 Å². The Morgan fingerprint density at radius 3 is 2.21 bits per heavy atom. The van der Waals surface area contributed by atoms with Gasteiger partial charge in [0.25, 0.3) is 11.8 Å². The predicted molar refractivity (Wildman–Crippen MR) is 161 cm³/mol. The molecule has 2 amide bonds. The summed E-state index contributed by atoms with van der Waals surface area (Å²) in [7, 11) is 4.33. The Balaban J connectivity index is 1.51. The third-order valence-corrected chi connectivity index (χ3v) is 6.68. The lowest BCUT2D eigenvalue weighted by Crippen LogP contribution is -2.18. The van der Waals surface area contributed by atoms with Crippen molar-refractivity contribution < 1.29 is 37.7 Å². The van der Waals surface area contributed by atoms with Gasteiger partial charge in [0.1, 0.15) is 0 Å². The Morgan fingerprint density at radius 1 is 0.833 bits per heavy atom. The number of hydrazone groups is 1. The zero-order valence-electron chi connectivity index (χ0n) is 22.4. The number of methoxy groups -OCH3 is 3. The number of esters is 1. The molecule has 42 heavy (non-hydrogen) atoms. The minimum absolute atomic E-state index is 0.136. The number of nitrogens with one attached hydrogen (secondary N) is 2. The highest BCUT2D eigenvalue weighted by atomic mass is 79.9. The fraction of sp³-hybridized carbons (Fsp3) is 0.103. The van der Waals surface area contributed by atoms with Crippen LogP contribution in [0.1, 0.15) is 36.8 Å². The van der Waals surface area contributed by atoms with Crippen molar-refractivity contribution in [3.8, 4) is 23.0 Å². The van der Waals surface area contributed by atoms with Gasteiger partial charge >= 0.3 is 5.97 Å². The highest BCUT2D eigenvalue weighted by molar-refractivity contribution is 9.11. The summed E-state index contributed by atoms with van der Waals surface area (Å²) in [6.07, 6.45) is 2.72. The zero-order valence-corrected chi connectivity index (χ0v) is 25.6. The molecule has 4 rings (SSSR count). The number of carbonyl (C=O) groups is 3. The second kappa shape index (κ2) is 13.8. The predicted octanol–water partition coefficient (Wildman–Crippen LogP) is 6.07. The normalized spacial score (nSPS) is 10.7. The number of hydrogen-bond acceptors (Lipinski definition) is 9. The van der Waals surface area contributed by atoms with E-state index in [1.807, 2.05) is 0 Å². The summed E-state index contributed by atoms with van der Waals surface area (Å²) in [6.45, 7) is 0. The third kappa shape index (κ3) is 7.17. The number of halogens is 2. The Hall–Kier alpha value is -4.62. The summed E-state index contributed by atoms with van der Waals surface area (Å²) < 4.78 is 27.9. The van der Waals surface area contributed by atoms with Crippen LogP contribution in [0.15, 0.2) is 85.4 Å². The van der Waals surface area contributed by atoms with Crippen molar-refractivity contribution in [3.63, 3.8) is 0 Å². The monoisotopic (exact) mass is 699 g/mol. The van der Waals surface area contributed by atoms with Gasteiger partial charge in [-0.2, -0.15) is 5.10 Å². The molecule has 0 unspecified atom stereocenters. The molecule has 13 heteroatoms. The van der Waals surface area contributed by atoms with Crippen molar-refractivity contribution in [2.24, 2.45) is 5.10 Å². The van der Waals surface area contributed by atoms with Crippen LogP contribution in [0.4, 0.5) is 5.69 Å². The number of rotatable bonds is 10. The summed E-state index contributed by atoms with van der Waals surface area (Å²) in [5.74, 6) is -0.510. The van der Waals surface area contributed by atoms with E-state index in [0.717, 1.165) is 0 Å². The third-order valence-electron chi connectivity index (χ3n) is 5.63. The number of carbonyl (C=O) groups excluding carboxylic acids is 3. The lowest BCUT2D eigenvalue weighted by Gasteiger charge is -2.15. The van der Waals surface area contributed by atoms with E-state index >= 15 is 0 Å². The van der Waals surface area contributed by atoms with Crippen molar-refractivity contribution in [3.05, 3.63) is 98.3 Å². The van der Waals surface area contributed by atoms with Crippen LogP contribution in [0, 0.1) is 0 Å². The topological polar surface area (TPSA) is 138 Å². The van der Waals surface area contributed by atoms with Crippen LogP contribution in [0.25, 0.3) is 0 Å². The van der Waals surface area contributed by atoms with Crippen LogP contribution in [0.2, 0.25) is 0 Å². The molecule has 0 saturated carbocycles. The summed E-state index contributed by atoms with van der Waals surface area (Å²) in [5.41, 5.74) is 3.59. The molecule has 1 heterocycles. The molecule has 0 aliphatic carbocycles. The van der Waals surface area contributed by atoms with Gasteiger partial charge in [-0.25, -0.2) is 10.2 Å². The molecule has 0 spiro atoms. The summed E-state index contributed by atoms with van der Waals surface area (Å²) in [4.78, 5) is 38.1. The molecule has 11 nitrogen and oxygen atoms in total. The van der Waals surface area contributed by atoms with Crippen molar-refractivity contribution in [1.82, 2.24) is 5.43 Å². The van der Waals surface area contributed by atoms with Gasteiger partial charge in [-0.1, -0.05) is 22.0 Å². The number of benzene rings is 3. The van der Waals surface area contributed by atoms with E-state index in [4.69, 9.17) is 23.4 Å². The van der Waals surface area contributed by atoms with E-state index in [9.17, 15) is 14.4 Å². The highest BCUT2D eigenvalue weighted by Gasteiger charge is 2.21. The van der Waals surface area contributed by atoms with Gasteiger partial charge in [0.15, 0.2) is 23.0 Å². The second-order valence-corrected chi connectivity index (χ2v) is 10.1. The number of anilines is 1. The number of nitrogens with zero attached hydrogens (tertiary/aromatic N) is 1. The number of hydrogen-bond donors (Lipinski definition) is 2. The van der Waals surface area contributed by atoms with Gasteiger partial charge in [-0.05, 0) is 70.5 Å². The fourth-order valence-electron chi connectivity index (χ4n) is 3.70. The van der Waals surface area contributed by atoms with Gasteiger partial charge in [0.2, 0.25) is 5.75 Å². The van der Waals surface area contributed by atoms with E-state index in [-0.39, 0.29) is 34.1 Å².